The normalized spacial score (nSPS) is 11.9. The minimum Gasteiger partial charge on any atom is -0.508 e. The first-order valence-corrected chi connectivity index (χ1v) is 6.50. The lowest BCUT2D eigenvalue weighted by molar-refractivity contribution is 0.0940. The van der Waals surface area contributed by atoms with Crippen LogP contribution in [0.1, 0.15) is 28.9 Å². The number of carbonyl (C=O) groups excluding carboxylic acids is 1. The first-order chi connectivity index (χ1) is 9.47. The van der Waals surface area contributed by atoms with Crippen LogP contribution in [0.5, 0.6) is 5.75 Å². The van der Waals surface area contributed by atoms with Crippen molar-refractivity contribution in [3.05, 3.63) is 58.6 Å². The molecule has 1 atom stereocenters. The van der Waals surface area contributed by atoms with E-state index >= 15 is 0 Å². The number of aromatic hydroxyl groups is 1. The molecule has 0 radical (unpaired) electrons. The molecule has 2 aromatic rings. The minimum atomic E-state index is -0.246. The Hall–Kier alpha value is -2.20. The van der Waals surface area contributed by atoms with Gasteiger partial charge in [0.25, 0.3) is 5.91 Å². The zero-order valence-electron chi connectivity index (χ0n) is 10.9. The van der Waals surface area contributed by atoms with E-state index in [0.29, 0.717) is 16.3 Å². The van der Waals surface area contributed by atoms with Crippen LogP contribution in [0.25, 0.3) is 0 Å². The third kappa shape index (κ3) is 3.22. The molecular formula is C15H15ClN2O2. The molecule has 5 heteroatoms. The molecule has 2 rings (SSSR count). The van der Waals surface area contributed by atoms with Crippen molar-refractivity contribution in [2.45, 2.75) is 13.0 Å². The topological polar surface area (TPSA) is 75.4 Å². The zero-order chi connectivity index (χ0) is 14.7. The lowest BCUT2D eigenvalue weighted by Crippen LogP contribution is -2.26. The molecule has 0 bridgehead atoms. The summed E-state index contributed by atoms with van der Waals surface area (Å²) in [6.45, 7) is 1.84. The number of amides is 1. The smallest absolute Gasteiger partial charge is 0.251 e. The highest BCUT2D eigenvalue weighted by Crippen LogP contribution is 2.21. The van der Waals surface area contributed by atoms with Gasteiger partial charge in [0.05, 0.1) is 16.8 Å². The van der Waals surface area contributed by atoms with Crippen LogP contribution in [0.2, 0.25) is 5.02 Å². The molecule has 1 amide bonds. The fourth-order valence-electron chi connectivity index (χ4n) is 1.84. The average molecular weight is 291 g/mol. The van der Waals surface area contributed by atoms with Crippen molar-refractivity contribution >= 4 is 23.2 Å². The van der Waals surface area contributed by atoms with E-state index in [1.165, 1.54) is 6.07 Å². The van der Waals surface area contributed by atoms with Gasteiger partial charge in [-0.2, -0.15) is 0 Å². The van der Waals surface area contributed by atoms with E-state index in [1.54, 1.807) is 30.3 Å². The summed E-state index contributed by atoms with van der Waals surface area (Å²) >= 11 is 5.82. The van der Waals surface area contributed by atoms with Gasteiger partial charge in [0, 0.05) is 5.56 Å². The third-order valence-corrected chi connectivity index (χ3v) is 3.32. The highest BCUT2D eigenvalue weighted by molar-refractivity contribution is 6.33. The van der Waals surface area contributed by atoms with Gasteiger partial charge in [-0.1, -0.05) is 23.7 Å². The van der Waals surface area contributed by atoms with Crippen molar-refractivity contribution in [1.29, 1.82) is 0 Å². The van der Waals surface area contributed by atoms with E-state index in [-0.39, 0.29) is 17.7 Å². The molecule has 0 saturated heterocycles. The van der Waals surface area contributed by atoms with Crippen LogP contribution in [0.15, 0.2) is 42.5 Å². The van der Waals surface area contributed by atoms with Gasteiger partial charge in [0.2, 0.25) is 0 Å². The molecule has 2 aromatic carbocycles. The number of benzene rings is 2. The maximum absolute atomic E-state index is 12.1. The number of nitrogen functional groups attached to an aromatic ring is 1. The summed E-state index contributed by atoms with van der Waals surface area (Å²) in [4.78, 5) is 12.1. The number of hydrogen-bond acceptors (Lipinski definition) is 3. The molecule has 0 fully saturated rings. The molecule has 0 saturated carbocycles. The van der Waals surface area contributed by atoms with Crippen molar-refractivity contribution in [2.75, 3.05) is 5.73 Å². The van der Waals surface area contributed by atoms with Gasteiger partial charge in [-0.25, -0.2) is 0 Å². The number of nitrogens with two attached hydrogens (primary N) is 1. The molecular weight excluding hydrogens is 276 g/mol. The highest BCUT2D eigenvalue weighted by atomic mass is 35.5. The number of nitrogens with one attached hydrogen (secondary N) is 1. The van der Waals surface area contributed by atoms with Gasteiger partial charge >= 0.3 is 0 Å². The third-order valence-electron chi connectivity index (χ3n) is 2.98. The molecule has 0 heterocycles. The van der Waals surface area contributed by atoms with Crippen LogP contribution in [0, 0.1) is 0 Å². The first kappa shape index (κ1) is 14.2. The molecule has 0 aliphatic carbocycles. The molecule has 0 aliphatic heterocycles. The summed E-state index contributed by atoms with van der Waals surface area (Å²) in [5.74, 6) is -0.0801. The Bertz CT molecular complexity index is 644. The summed E-state index contributed by atoms with van der Waals surface area (Å²) in [5.41, 5.74) is 7.30. The first-order valence-electron chi connectivity index (χ1n) is 6.12. The predicted octanol–water partition coefficient (Wildman–Crippen LogP) is 3.12. The van der Waals surface area contributed by atoms with Crippen LogP contribution in [0.4, 0.5) is 5.69 Å². The molecule has 4 N–H and O–H groups in total. The second-order valence-corrected chi connectivity index (χ2v) is 4.93. The van der Waals surface area contributed by atoms with Crippen LogP contribution in [0.3, 0.4) is 0 Å². The number of halogens is 1. The van der Waals surface area contributed by atoms with Gasteiger partial charge in [-0.05, 0) is 42.8 Å². The van der Waals surface area contributed by atoms with Gasteiger partial charge in [-0.15, -0.1) is 0 Å². The quantitative estimate of drug-likeness (QED) is 0.760. The summed E-state index contributed by atoms with van der Waals surface area (Å²) in [6, 6.07) is 11.3. The SMILES string of the molecule is CC(NC(=O)c1ccc(Cl)c(N)c1)c1cccc(O)c1. The number of anilines is 1. The molecule has 104 valence electrons. The van der Waals surface area contributed by atoms with Gasteiger partial charge < -0.3 is 16.2 Å². The number of hydrogen-bond donors (Lipinski definition) is 3. The highest BCUT2D eigenvalue weighted by Gasteiger charge is 2.12. The second kappa shape index (κ2) is 5.84. The maximum atomic E-state index is 12.1. The number of phenols is 1. The van der Waals surface area contributed by atoms with E-state index < -0.39 is 0 Å². The van der Waals surface area contributed by atoms with Crippen molar-refractivity contribution in [2.24, 2.45) is 0 Å². The van der Waals surface area contributed by atoms with Crippen LogP contribution in [-0.2, 0) is 0 Å². The summed E-state index contributed by atoms with van der Waals surface area (Å²) in [5, 5.41) is 12.7. The Kier molecular flexibility index (Phi) is 4.15. The number of rotatable bonds is 3. The Morgan fingerprint density at radius 2 is 2.05 bits per heavy atom. The molecule has 0 aromatic heterocycles. The van der Waals surface area contributed by atoms with Gasteiger partial charge in [-0.3, -0.25) is 4.79 Å². The largest absolute Gasteiger partial charge is 0.508 e. The number of carbonyl (C=O) groups is 1. The van der Waals surface area contributed by atoms with Crippen LogP contribution < -0.4 is 11.1 Å². The van der Waals surface area contributed by atoms with Crippen LogP contribution in [-0.4, -0.2) is 11.0 Å². The number of phenolic OH excluding ortho intramolecular Hbond substituents is 1. The molecule has 0 aliphatic rings. The fourth-order valence-corrected chi connectivity index (χ4v) is 1.96. The Labute approximate surface area is 122 Å². The van der Waals surface area contributed by atoms with Gasteiger partial charge in [0.15, 0.2) is 0 Å². The van der Waals surface area contributed by atoms with Crippen molar-refractivity contribution < 1.29 is 9.90 Å². The lowest BCUT2D eigenvalue weighted by Gasteiger charge is -2.15. The summed E-state index contributed by atoms with van der Waals surface area (Å²) in [6.07, 6.45) is 0. The van der Waals surface area contributed by atoms with Crippen molar-refractivity contribution in [1.82, 2.24) is 5.32 Å². The maximum Gasteiger partial charge on any atom is 0.251 e. The lowest BCUT2D eigenvalue weighted by atomic mass is 10.1. The molecule has 0 spiro atoms. The average Bonchev–Trinajstić information content (AvgIpc) is 2.41. The zero-order valence-corrected chi connectivity index (χ0v) is 11.7. The summed E-state index contributed by atoms with van der Waals surface area (Å²) < 4.78 is 0. The molecule has 4 nitrogen and oxygen atoms in total. The molecule has 1 unspecified atom stereocenters. The van der Waals surface area contributed by atoms with E-state index in [9.17, 15) is 9.90 Å². The van der Waals surface area contributed by atoms with E-state index in [4.69, 9.17) is 17.3 Å². The second-order valence-electron chi connectivity index (χ2n) is 4.53. The van der Waals surface area contributed by atoms with Crippen molar-refractivity contribution in [3.8, 4) is 5.75 Å². The standard InChI is InChI=1S/C15H15ClN2O2/c1-9(10-3-2-4-12(19)7-10)18-15(20)11-5-6-13(16)14(17)8-11/h2-9,19H,17H2,1H3,(H,18,20). The van der Waals surface area contributed by atoms with Crippen molar-refractivity contribution in [3.63, 3.8) is 0 Å². The Morgan fingerprint density at radius 1 is 1.30 bits per heavy atom. The van der Waals surface area contributed by atoms with Gasteiger partial charge in [0.1, 0.15) is 5.75 Å². The predicted molar refractivity (Wildman–Crippen MR) is 79.9 cm³/mol. The van der Waals surface area contributed by atoms with E-state index in [2.05, 4.69) is 5.32 Å². The van der Waals surface area contributed by atoms with E-state index in [0.717, 1.165) is 5.56 Å². The van der Waals surface area contributed by atoms with Crippen LogP contribution >= 0.6 is 11.6 Å². The molecule has 20 heavy (non-hydrogen) atoms. The Balaban J connectivity index is 2.13. The fraction of sp³-hybridized carbons (Fsp3) is 0.133. The monoisotopic (exact) mass is 290 g/mol. The van der Waals surface area contributed by atoms with E-state index in [1.807, 2.05) is 13.0 Å². The minimum absolute atomic E-state index is 0.166. The summed E-state index contributed by atoms with van der Waals surface area (Å²) in [7, 11) is 0. The Morgan fingerprint density at radius 3 is 2.70 bits per heavy atom.